The van der Waals surface area contributed by atoms with Gasteiger partial charge in [-0.2, -0.15) is 0 Å². The van der Waals surface area contributed by atoms with E-state index < -0.39 is 6.10 Å². The van der Waals surface area contributed by atoms with Crippen molar-refractivity contribution in [3.05, 3.63) is 21.9 Å². The molecule has 0 amide bonds. The van der Waals surface area contributed by atoms with Crippen LogP contribution in [0.3, 0.4) is 0 Å². The molecule has 5 nitrogen and oxygen atoms in total. The molecule has 1 aromatic heterocycles. The molecule has 1 N–H and O–H groups in total. The first-order valence-corrected chi connectivity index (χ1v) is 6.21. The third-order valence-corrected chi connectivity index (χ3v) is 3.57. The maximum Gasteiger partial charge on any atom is 0.342 e. The van der Waals surface area contributed by atoms with Gasteiger partial charge in [0.2, 0.25) is 6.10 Å². The van der Waals surface area contributed by atoms with Crippen LogP contribution in [0.1, 0.15) is 11.8 Å². The van der Waals surface area contributed by atoms with Gasteiger partial charge in [0.15, 0.2) is 0 Å². The van der Waals surface area contributed by atoms with Crippen LogP contribution in [-0.2, 0) is 14.4 Å². The van der Waals surface area contributed by atoms with Gasteiger partial charge in [0.05, 0.1) is 17.2 Å². The van der Waals surface area contributed by atoms with E-state index in [0.29, 0.717) is 13.2 Å². The number of rotatable bonds is 2. The van der Waals surface area contributed by atoms with Crippen LogP contribution < -0.4 is 10.2 Å². The first-order valence-electron chi connectivity index (χ1n) is 5.33. The predicted octanol–water partition coefficient (Wildman–Crippen LogP) is 1.32. The standard InChI is InChI=1S/C11H11NO4S/c1-2-14-11(13)9-6-5-15-7-3-4-17-10(7)8(6)12-16-9/h3-4,9,12H,2,5H2,1H3. The SMILES string of the molecule is CCOC(=O)C1ONC2=C1COc1ccsc12. The molecule has 1 atom stereocenters. The number of hydroxylamine groups is 1. The molecule has 0 saturated carbocycles. The second-order valence-corrected chi connectivity index (χ2v) is 4.57. The second kappa shape index (κ2) is 4.05. The monoisotopic (exact) mass is 253 g/mol. The van der Waals surface area contributed by atoms with Gasteiger partial charge in [-0.3, -0.25) is 10.3 Å². The number of nitrogens with one attached hydrogen (secondary N) is 1. The van der Waals surface area contributed by atoms with Crippen molar-refractivity contribution >= 4 is 23.0 Å². The van der Waals surface area contributed by atoms with E-state index in [0.717, 1.165) is 21.9 Å². The fourth-order valence-corrected chi connectivity index (χ4v) is 2.74. The van der Waals surface area contributed by atoms with Crippen molar-refractivity contribution in [2.75, 3.05) is 13.2 Å². The molecule has 3 heterocycles. The molecule has 90 valence electrons. The molecular formula is C11H11NO4S. The fraction of sp³-hybridized carbons (Fsp3) is 0.364. The van der Waals surface area contributed by atoms with Gasteiger partial charge < -0.3 is 9.47 Å². The van der Waals surface area contributed by atoms with Crippen LogP contribution in [0.5, 0.6) is 5.75 Å². The molecule has 0 saturated heterocycles. The number of carbonyl (C=O) groups is 1. The van der Waals surface area contributed by atoms with Crippen molar-refractivity contribution in [1.82, 2.24) is 5.48 Å². The number of hydrogen-bond acceptors (Lipinski definition) is 6. The van der Waals surface area contributed by atoms with E-state index in [4.69, 9.17) is 14.3 Å². The maximum atomic E-state index is 11.7. The minimum Gasteiger partial charge on any atom is -0.487 e. The predicted molar refractivity (Wildman–Crippen MR) is 61.4 cm³/mol. The lowest BCUT2D eigenvalue weighted by Crippen LogP contribution is -2.29. The smallest absolute Gasteiger partial charge is 0.342 e. The van der Waals surface area contributed by atoms with Gasteiger partial charge in [-0.25, -0.2) is 4.79 Å². The highest BCUT2D eigenvalue weighted by molar-refractivity contribution is 7.11. The molecular weight excluding hydrogens is 242 g/mol. The number of fused-ring (bicyclic) bond motifs is 2. The molecule has 0 fully saturated rings. The summed E-state index contributed by atoms with van der Waals surface area (Å²) in [7, 11) is 0. The zero-order valence-electron chi connectivity index (χ0n) is 9.19. The van der Waals surface area contributed by atoms with E-state index in [1.54, 1.807) is 18.3 Å². The number of esters is 1. The largest absolute Gasteiger partial charge is 0.487 e. The maximum absolute atomic E-state index is 11.7. The van der Waals surface area contributed by atoms with Gasteiger partial charge in [-0.15, -0.1) is 11.3 Å². The van der Waals surface area contributed by atoms with Gasteiger partial charge >= 0.3 is 5.97 Å². The Bertz CT molecular complexity index is 493. The van der Waals surface area contributed by atoms with Gasteiger partial charge in [0.25, 0.3) is 0 Å². The summed E-state index contributed by atoms with van der Waals surface area (Å²) in [4.78, 5) is 17.9. The van der Waals surface area contributed by atoms with Gasteiger partial charge in [-0.1, -0.05) is 0 Å². The Morgan fingerprint density at radius 3 is 3.41 bits per heavy atom. The Morgan fingerprint density at radius 2 is 2.59 bits per heavy atom. The van der Waals surface area contributed by atoms with E-state index in [2.05, 4.69) is 5.48 Å². The summed E-state index contributed by atoms with van der Waals surface area (Å²) in [6.45, 7) is 2.46. The minimum absolute atomic E-state index is 0.340. The Morgan fingerprint density at radius 1 is 1.71 bits per heavy atom. The zero-order chi connectivity index (χ0) is 11.8. The number of carbonyl (C=O) groups excluding carboxylic acids is 1. The normalized spacial score (nSPS) is 21.4. The molecule has 3 rings (SSSR count). The molecule has 17 heavy (non-hydrogen) atoms. The summed E-state index contributed by atoms with van der Waals surface area (Å²) in [6.07, 6.45) is -0.694. The van der Waals surface area contributed by atoms with Crippen molar-refractivity contribution in [3.63, 3.8) is 0 Å². The van der Waals surface area contributed by atoms with Crippen LogP contribution in [0, 0.1) is 0 Å². The van der Waals surface area contributed by atoms with Crippen LogP contribution in [-0.4, -0.2) is 25.3 Å². The summed E-state index contributed by atoms with van der Waals surface area (Å²) in [6, 6.07) is 1.91. The van der Waals surface area contributed by atoms with Crippen molar-refractivity contribution in [2.24, 2.45) is 0 Å². The van der Waals surface area contributed by atoms with Crippen LogP contribution in [0.4, 0.5) is 0 Å². The Balaban J connectivity index is 1.93. The Kier molecular flexibility index (Phi) is 2.53. The van der Waals surface area contributed by atoms with Crippen LogP contribution in [0.25, 0.3) is 5.70 Å². The topological polar surface area (TPSA) is 56.8 Å². The summed E-state index contributed by atoms with van der Waals surface area (Å²) >= 11 is 1.55. The van der Waals surface area contributed by atoms with E-state index in [-0.39, 0.29) is 5.97 Å². The second-order valence-electron chi connectivity index (χ2n) is 3.65. The van der Waals surface area contributed by atoms with E-state index in [1.807, 2.05) is 11.4 Å². The quantitative estimate of drug-likeness (QED) is 0.805. The minimum atomic E-state index is -0.694. The summed E-state index contributed by atoms with van der Waals surface area (Å²) in [5.74, 6) is 0.447. The lowest BCUT2D eigenvalue weighted by molar-refractivity contribution is -0.155. The molecule has 0 aromatic carbocycles. The molecule has 0 bridgehead atoms. The molecule has 0 radical (unpaired) electrons. The summed E-state index contributed by atoms with van der Waals surface area (Å²) in [5, 5.41) is 1.94. The molecule has 1 aromatic rings. The Hall–Kier alpha value is -1.53. The van der Waals surface area contributed by atoms with Crippen LogP contribution >= 0.6 is 11.3 Å². The highest BCUT2D eigenvalue weighted by Gasteiger charge is 2.38. The van der Waals surface area contributed by atoms with Gasteiger partial charge in [0, 0.05) is 5.57 Å². The molecule has 0 spiro atoms. The highest BCUT2D eigenvalue weighted by atomic mass is 32.1. The van der Waals surface area contributed by atoms with Crippen molar-refractivity contribution in [2.45, 2.75) is 13.0 Å². The molecule has 2 aliphatic rings. The average Bonchev–Trinajstić information content (AvgIpc) is 2.94. The fourth-order valence-electron chi connectivity index (χ4n) is 1.88. The van der Waals surface area contributed by atoms with Gasteiger partial charge in [-0.05, 0) is 18.4 Å². The number of thiophene rings is 1. The average molecular weight is 253 g/mol. The zero-order valence-corrected chi connectivity index (χ0v) is 10.0. The highest BCUT2D eigenvalue weighted by Crippen LogP contribution is 2.39. The van der Waals surface area contributed by atoms with Crippen molar-refractivity contribution in [3.8, 4) is 5.75 Å². The van der Waals surface area contributed by atoms with Gasteiger partial charge in [0.1, 0.15) is 12.4 Å². The lowest BCUT2D eigenvalue weighted by atomic mass is 10.1. The number of hydrogen-bond donors (Lipinski definition) is 1. The van der Waals surface area contributed by atoms with Crippen molar-refractivity contribution < 1.29 is 19.1 Å². The van der Waals surface area contributed by atoms with Crippen LogP contribution in [0.2, 0.25) is 0 Å². The summed E-state index contributed by atoms with van der Waals surface area (Å²) in [5.41, 5.74) is 4.45. The third kappa shape index (κ3) is 1.60. The lowest BCUT2D eigenvalue weighted by Gasteiger charge is -2.16. The molecule has 1 unspecified atom stereocenters. The van der Waals surface area contributed by atoms with E-state index >= 15 is 0 Å². The summed E-state index contributed by atoms with van der Waals surface area (Å²) < 4.78 is 10.5. The van der Waals surface area contributed by atoms with E-state index in [1.165, 1.54) is 0 Å². The van der Waals surface area contributed by atoms with Crippen molar-refractivity contribution in [1.29, 1.82) is 0 Å². The molecule has 6 heteroatoms. The van der Waals surface area contributed by atoms with Crippen LogP contribution in [0.15, 0.2) is 17.0 Å². The first kappa shape index (κ1) is 10.6. The third-order valence-electron chi connectivity index (χ3n) is 2.66. The van der Waals surface area contributed by atoms with E-state index in [9.17, 15) is 4.79 Å². The molecule has 0 aliphatic carbocycles. The Labute approximate surface area is 102 Å². The molecule has 2 aliphatic heterocycles. The number of ether oxygens (including phenoxy) is 2. The first-order chi connectivity index (χ1) is 8.31.